The van der Waals surface area contributed by atoms with Crippen molar-refractivity contribution >= 4 is 35.0 Å². The van der Waals surface area contributed by atoms with E-state index in [1.807, 2.05) is 0 Å². The van der Waals surface area contributed by atoms with Gasteiger partial charge in [-0.2, -0.15) is 13.2 Å². The van der Waals surface area contributed by atoms with Gasteiger partial charge in [-0.05, 0) is 24.6 Å². The third-order valence-electron chi connectivity index (χ3n) is 3.89. The van der Waals surface area contributed by atoms with Gasteiger partial charge in [0.15, 0.2) is 23.3 Å². The molecule has 2 aromatic rings. The molecule has 2 amide bonds. The highest BCUT2D eigenvalue weighted by Gasteiger charge is 2.42. The SMILES string of the molecule is CCC(Sc1cccc(NC(C)=O)c1)C(=O)Nc1c(F)c(F)c(C(F)(F)F)c(F)c1F. The average molecular weight is 468 g/mol. The number of benzene rings is 2. The number of amides is 2. The van der Waals surface area contributed by atoms with Gasteiger partial charge in [0.2, 0.25) is 11.8 Å². The maximum absolute atomic E-state index is 14.0. The number of halogens is 7. The summed E-state index contributed by atoms with van der Waals surface area (Å²) >= 11 is 0.909. The van der Waals surface area contributed by atoms with Gasteiger partial charge in [-0.3, -0.25) is 9.59 Å². The van der Waals surface area contributed by atoms with Crippen molar-refractivity contribution in [3.05, 3.63) is 53.1 Å². The molecule has 12 heteroatoms. The van der Waals surface area contributed by atoms with E-state index >= 15 is 0 Å². The van der Waals surface area contributed by atoms with Crippen molar-refractivity contribution < 1.29 is 40.3 Å². The molecule has 0 saturated heterocycles. The van der Waals surface area contributed by atoms with E-state index in [2.05, 4.69) is 5.32 Å². The Labute approximate surface area is 176 Å². The fourth-order valence-electron chi connectivity index (χ4n) is 2.53. The van der Waals surface area contributed by atoms with Gasteiger partial charge in [-0.25, -0.2) is 17.6 Å². The molecule has 1 atom stereocenters. The molecular weight excluding hydrogens is 453 g/mol. The van der Waals surface area contributed by atoms with Crippen LogP contribution in [0.2, 0.25) is 0 Å². The lowest BCUT2D eigenvalue weighted by atomic mass is 10.1. The van der Waals surface area contributed by atoms with Crippen molar-refractivity contribution in [1.29, 1.82) is 0 Å². The van der Waals surface area contributed by atoms with Crippen molar-refractivity contribution in [2.45, 2.75) is 36.6 Å². The highest BCUT2D eigenvalue weighted by Crippen LogP contribution is 2.39. The number of carbonyl (C=O) groups is 2. The summed E-state index contributed by atoms with van der Waals surface area (Å²) in [5.74, 6) is -11.5. The molecule has 2 N–H and O–H groups in total. The minimum atomic E-state index is -5.68. The maximum atomic E-state index is 14.0. The Hall–Kier alpha value is -2.76. The minimum Gasteiger partial charge on any atom is -0.326 e. The number of rotatable bonds is 6. The van der Waals surface area contributed by atoms with Crippen molar-refractivity contribution in [3.63, 3.8) is 0 Å². The van der Waals surface area contributed by atoms with Gasteiger partial charge in [-0.15, -0.1) is 11.8 Å². The average Bonchev–Trinajstić information content (AvgIpc) is 2.66. The summed E-state index contributed by atoms with van der Waals surface area (Å²) in [6.45, 7) is 2.82. The van der Waals surface area contributed by atoms with Crippen LogP contribution in [0.5, 0.6) is 0 Å². The zero-order chi connectivity index (χ0) is 23.5. The second kappa shape index (κ2) is 9.58. The van der Waals surface area contributed by atoms with Gasteiger partial charge in [0.05, 0.1) is 5.25 Å². The highest BCUT2D eigenvalue weighted by atomic mass is 32.2. The van der Waals surface area contributed by atoms with E-state index in [1.165, 1.54) is 19.9 Å². The van der Waals surface area contributed by atoms with Crippen LogP contribution < -0.4 is 10.6 Å². The minimum absolute atomic E-state index is 0.0930. The van der Waals surface area contributed by atoms with E-state index in [0.717, 1.165) is 11.8 Å². The summed E-state index contributed by atoms with van der Waals surface area (Å²) < 4.78 is 93.5. The van der Waals surface area contributed by atoms with Crippen LogP contribution in [0.1, 0.15) is 25.8 Å². The normalized spacial score (nSPS) is 12.4. The molecule has 0 bridgehead atoms. The van der Waals surface area contributed by atoms with Crippen molar-refractivity contribution in [2.75, 3.05) is 10.6 Å². The van der Waals surface area contributed by atoms with E-state index in [-0.39, 0.29) is 12.3 Å². The molecule has 0 aliphatic heterocycles. The molecule has 168 valence electrons. The molecule has 0 spiro atoms. The molecule has 2 rings (SSSR count). The Kier molecular flexibility index (Phi) is 7.58. The second-order valence-corrected chi connectivity index (χ2v) is 7.49. The quantitative estimate of drug-likeness (QED) is 0.324. The topological polar surface area (TPSA) is 58.2 Å². The van der Waals surface area contributed by atoms with Crippen molar-refractivity contribution in [2.24, 2.45) is 0 Å². The molecule has 31 heavy (non-hydrogen) atoms. The smallest absolute Gasteiger partial charge is 0.326 e. The number of hydrogen-bond acceptors (Lipinski definition) is 3. The third kappa shape index (κ3) is 5.69. The molecule has 1 unspecified atom stereocenters. The van der Waals surface area contributed by atoms with E-state index < -0.39 is 51.9 Å². The van der Waals surface area contributed by atoms with E-state index in [0.29, 0.717) is 10.6 Å². The summed E-state index contributed by atoms with van der Waals surface area (Å²) in [6, 6.07) is 6.23. The first-order valence-electron chi connectivity index (χ1n) is 8.65. The van der Waals surface area contributed by atoms with Crippen molar-refractivity contribution in [1.82, 2.24) is 0 Å². The monoisotopic (exact) mass is 468 g/mol. The predicted molar refractivity (Wildman–Crippen MR) is 101 cm³/mol. The second-order valence-electron chi connectivity index (χ2n) is 6.22. The number of thioether (sulfide) groups is 1. The van der Waals surface area contributed by atoms with Crippen LogP contribution >= 0.6 is 11.8 Å². The first-order valence-corrected chi connectivity index (χ1v) is 9.53. The largest absolute Gasteiger partial charge is 0.422 e. The summed E-state index contributed by atoms with van der Waals surface area (Å²) in [5.41, 5.74) is -3.97. The van der Waals surface area contributed by atoms with Gasteiger partial charge in [0.1, 0.15) is 11.3 Å². The van der Waals surface area contributed by atoms with Crippen molar-refractivity contribution in [3.8, 4) is 0 Å². The number of nitrogens with one attached hydrogen (secondary N) is 2. The zero-order valence-electron chi connectivity index (χ0n) is 16.0. The molecule has 0 aliphatic carbocycles. The van der Waals surface area contributed by atoms with Crippen LogP contribution in [-0.2, 0) is 15.8 Å². The van der Waals surface area contributed by atoms with Crippen LogP contribution in [0, 0.1) is 23.3 Å². The Morgan fingerprint density at radius 1 is 1.00 bits per heavy atom. The Morgan fingerprint density at radius 2 is 1.58 bits per heavy atom. The van der Waals surface area contributed by atoms with Gasteiger partial charge in [0.25, 0.3) is 0 Å². The molecule has 2 aromatic carbocycles. The summed E-state index contributed by atoms with van der Waals surface area (Å²) in [7, 11) is 0. The van der Waals surface area contributed by atoms with Crippen LogP contribution in [0.25, 0.3) is 0 Å². The number of alkyl halides is 3. The van der Waals surface area contributed by atoms with Crippen LogP contribution in [-0.4, -0.2) is 17.1 Å². The molecular formula is C19H15F7N2O2S. The Balaban J connectivity index is 2.30. The zero-order valence-corrected chi connectivity index (χ0v) is 16.8. The Morgan fingerprint density at radius 3 is 2.06 bits per heavy atom. The highest BCUT2D eigenvalue weighted by molar-refractivity contribution is 8.00. The van der Waals surface area contributed by atoms with Gasteiger partial charge in [-0.1, -0.05) is 13.0 Å². The number of hydrogen-bond donors (Lipinski definition) is 2. The van der Waals surface area contributed by atoms with Crippen LogP contribution in [0.15, 0.2) is 29.2 Å². The lowest BCUT2D eigenvalue weighted by Crippen LogP contribution is -2.27. The van der Waals surface area contributed by atoms with E-state index in [1.54, 1.807) is 23.5 Å². The molecule has 0 radical (unpaired) electrons. The predicted octanol–water partition coefficient (Wildman–Crippen LogP) is 5.73. The molecule has 0 aromatic heterocycles. The number of carbonyl (C=O) groups excluding carboxylic acids is 2. The maximum Gasteiger partial charge on any atom is 0.422 e. The lowest BCUT2D eigenvalue weighted by Gasteiger charge is -2.18. The first kappa shape index (κ1) is 24.5. The molecule has 0 aliphatic rings. The summed E-state index contributed by atoms with van der Waals surface area (Å²) in [4.78, 5) is 24.0. The molecule has 0 heterocycles. The Bertz CT molecular complexity index is 982. The fourth-order valence-corrected chi connectivity index (χ4v) is 3.54. The van der Waals surface area contributed by atoms with Crippen LogP contribution in [0.4, 0.5) is 42.1 Å². The lowest BCUT2D eigenvalue weighted by molar-refractivity contribution is -0.143. The van der Waals surface area contributed by atoms with E-state index in [9.17, 15) is 40.3 Å². The first-order chi connectivity index (χ1) is 14.4. The number of anilines is 2. The van der Waals surface area contributed by atoms with Gasteiger partial charge < -0.3 is 10.6 Å². The van der Waals surface area contributed by atoms with Crippen LogP contribution in [0.3, 0.4) is 0 Å². The fraction of sp³-hybridized carbons (Fsp3) is 0.263. The molecule has 0 saturated carbocycles. The standard InChI is InChI=1S/C19H15F7N2O2S/c1-3-11(31-10-6-4-5-9(7-10)27-8(2)29)18(30)28-17-15(22)13(20)12(19(24,25)26)14(21)16(17)23/h4-7,11H,3H2,1-2H3,(H,27,29)(H,28,30). The van der Waals surface area contributed by atoms with Gasteiger partial charge >= 0.3 is 6.18 Å². The van der Waals surface area contributed by atoms with E-state index in [4.69, 9.17) is 0 Å². The molecule has 4 nitrogen and oxygen atoms in total. The van der Waals surface area contributed by atoms with Gasteiger partial charge in [0, 0.05) is 17.5 Å². The third-order valence-corrected chi connectivity index (χ3v) is 5.25. The summed E-state index contributed by atoms with van der Waals surface area (Å²) in [5, 5.41) is 3.13. The summed E-state index contributed by atoms with van der Waals surface area (Å²) in [6.07, 6.45) is -5.59. The molecule has 0 fully saturated rings.